The number of carbonyl (C=O) groups is 1. The summed E-state index contributed by atoms with van der Waals surface area (Å²) in [7, 11) is 0.204. The Balaban J connectivity index is 1.98. The van der Waals surface area contributed by atoms with Gasteiger partial charge >= 0.3 is 13.6 Å². The van der Waals surface area contributed by atoms with Gasteiger partial charge in [0.1, 0.15) is 12.4 Å². The van der Waals surface area contributed by atoms with Gasteiger partial charge in [-0.1, -0.05) is 84.9 Å². The van der Waals surface area contributed by atoms with Gasteiger partial charge in [0, 0.05) is 14.2 Å². The van der Waals surface area contributed by atoms with Gasteiger partial charge in [-0.05, 0) is 22.3 Å². The predicted molar refractivity (Wildman–Crippen MR) is 134 cm³/mol. The highest BCUT2D eigenvalue weighted by molar-refractivity contribution is 7.53. The lowest BCUT2D eigenvalue weighted by Gasteiger charge is -2.36. The quantitative estimate of drug-likeness (QED) is 0.214. The average molecular weight is 499 g/mol. The molecule has 0 fully saturated rings. The molecule has 0 spiro atoms. The number of benzene rings is 3. The lowest BCUT2D eigenvalue weighted by Crippen LogP contribution is -2.64. The molecule has 0 unspecified atom stereocenters. The van der Waals surface area contributed by atoms with Crippen LogP contribution in [0.3, 0.4) is 0 Å². The van der Waals surface area contributed by atoms with E-state index in [1.807, 2.05) is 84.9 Å². The molecular formula is C26H31N2O6P. The molecule has 8 nitrogen and oxygen atoms in total. The van der Waals surface area contributed by atoms with Crippen molar-refractivity contribution in [3.63, 3.8) is 0 Å². The monoisotopic (exact) mass is 498 g/mol. The predicted octanol–water partition coefficient (Wildman–Crippen LogP) is 4.47. The number of carbonyl (C=O) groups excluding carboxylic acids is 1. The molecule has 186 valence electrons. The van der Waals surface area contributed by atoms with Gasteiger partial charge in [0.15, 0.2) is 5.66 Å². The van der Waals surface area contributed by atoms with E-state index in [0.29, 0.717) is 5.56 Å². The molecule has 0 aromatic heterocycles. The number of esters is 1. The van der Waals surface area contributed by atoms with Gasteiger partial charge in [-0.25, -0.2) is 4.79 Å². The van der Waals surface area contributed by atoms with Crippen LogP contribution in [0.4, 0.5) is 0 Å². The third kappa shape index (κ3) is 6.64. The summed E-state index contributed by atoms with van der Waals surface area (Å²) in [6, 6.07) is 26.9. The highest BCUT2D eigenvalue weighted by Gasteiger charge is 2.46. The first-order valence-electron chi connectivity index (χ1n) is 11.0. The molecule has 0 aliphatic heterocycles. The number of nitrogens with one attached hydrogen (secondary N) is 1. The summed E-state index contributed by atoms with van der Waals surface area (Å²) in [4.78, 5) is 13.0. The van der Waals surface area contributed by atoms with Gasteiger partial charge in [0.25, 0.3) is 0 Å². The molecule has 3 aromatic carbocycles. The van der Waals surface area contributed by atoms with Crippen LogP contribution in [-0.4, -0.2) is 39.2 Å². The molecule has 9 heteroatoms. The third-order valence-electron chi connectivity index (χ3n) is 5.64. The van der Waals surface area contributed by atoms with E-state index in [9.17, 15) is 9.36 Å². The normalized spacial score (nSPS) is 14.2. The smallest absolute Gasteiger partial charge is 0.344 e. The molecule has 35 heavy (non-hydrogen) atoms. The molecule has 0 amide bonds. The summed E-state index contributed by atoms with van der Waals surface area (Å²) >= 11 is 0. The van der Waals surface area contributed by atoms with E-state index >= 15 is 0 Å². The molecule has 0 radical (unpaired) electrons. The van der Waals surface area contributed by atoms with Crippen molar-refractivity contribution >= 4 is 13.6 Å². The number of ether oxygens (including phenoxy) is 2. The van der Waals surface area contributed by atoms with Gasteiger partial charge in [-0.3, -0.25) is 9.88 Å². The van der Waals surface area contributed by atoms with Crippen LogP contribution in [0.25, 0.3) is 11.1 Å². The largest absolute Gasteiger partial charge is 0.467 e. The molecule has 3 aromatic rings. The topological polar surface area (TPSA) is 109 Å². The van der Waals surface area contributed by atoms with Crippen LogP contribution in [0.15, 0.2) is 84.9 Å². The SMILES string of the molecule is COC(=O)[C@@](N)(NCP(=O)(OC)OC)[C@@H](OCc1ccccc1)c1ccc(-c2ccccc2)cc1. The maximum atomic E-state index is 13.0. The van der Waals surface area contributed by atoms with E-state index in [0.717, 1.165) is 16.7 Å². The molecular weight excluding hydrogens is 467 g/mol. The molecule has 0 aliphatic carbocycles. The fraction of sp³-hybridized carbons (Fsp3) is 0.269. The molecule has 0 saturated carbocycles. The Kier molecular flexibility index (Phi) is 9.34. The minimum absolute atomic E-state index is 0.176. The fourth-order valence-corrected chi connectivity index (χ4v) is 4.46. The number of hydrogen-bond donors (Lipinski definition) is 2. The van der Waals surface area contributed by atoms with Gasteiger partial charge < -0.3 is 24.3 Å². The summed E-state index contributed by atoms with van der Waals surface area (Å²) < 4.78 is 33.9. The number of methoxy groups -OCH3 is 1. The van der Waals surface area contributed by atoms with Crippen LogP contribution >= 0.6 is 7.60 Å². The Morgan fingerprint density at radius 2 is 1.43 bits per heavy atom. The van der Waals surface area contributed by atoms with Crippen LogP contribution < -0.4 is 11.1 Å². The van der Waals surface area contributed by atoms with Crippen molar-refractivity contribution in [3.8, 4) is 11.1 Å². The van der Waals surface area contributed by atoms with E-state index in [-0.39, 0.29) is 12.9 Å². The lowest BCUT2D eigenvalue weighted by molar-refractivity contribution is -0.157. The first-order valence-corrected chi connectivity index (χ1v) is 12.7. The molecule has 3 N–H and O–H groups in total. The molecule has 0 aliphatic rings. The Morgan fingerprint density at radius 3 is 1.97 bits per heavy atom. The summed E-state index contributed by atoms with van der Waals surface area (Å²) in [6.45, 7) is 0.176. The van der Waals surface area contributed by atoms with Crippen LogP contribution in [0.1, 0.15) is 17.2 Å². The van der Waals surface area contributed by atoms with Gasteiger partial charge in [-0.2, -0.15) is 0 Å². The van der Waals surface area contributed by atoms with Gasteiger partial charge in [-0.15, -0.1) is 0 Å². The zero-order valence-corrected chi connectivity index (χ0v) is 20.9. The maximum Gasteiger partial charge on any atom is 0.344 e. The van der Waals surface area contributed by atoms with Crippen molar-refractivity contribution in [3.05, 3.63) is 96.1 Å². The van der Waals surface area contributed by atoms with E-state index < -0.39 is 25.3 Å². The van der Waals surface area contributed by atoms with Crippen LogP contribution in [-0.2, 0) is 34.5 Å². The lowest BCUT2D eigenvalue weighted by atomic mass is 9.94. The van der Waals surface area contributed by atoms with Crippen molar-refractivity contribution in [2.75, 3.05) is 27.6 Å². The van der Waals surface area contributed by atoms with Crippen molar-refractivity contribution in [2.24, 2.45) is 5.73 Å². The summed E-state index contributed by atoms with van der Waals surface area (Å²) in [6.07, 6.45) is -1.33. The summed E-state index contributed by atoms with van der Waals surface area (Å²) in [5, 5.41) is 2.84. The second kappa shape index (κ2) is 12.2. The zero-order valence-electron chi connectivity index (χ0n) is 20.0. The van der Waals surface area contributed by atoms with Crippen molar-refractivity contribution < 1.29 is 27.9 Å². The Morgan fingerprint density at radius 1 is 0.886 bits per heavy atom. The summed E-state index contributed by atoms with van der Waals surface area (Å²) in [5.74, 6) is -0.790. The maximum absolute atomic E-state index is 13.0. The number of hydrogen-bond acceptors (Lipinski definition) is 8. The van der Waals surface area contributed by atoms with Crippen molar-refractivity contribution in [2.45, 2.75) is 18.4 Å². The first kappa shape index (κ1) is 26.8. The average Bonchev–Trinajstić information content (AvgIpc) is 2.92. The van der Waals surface area contributed by atoms with E-state index in [1.54, 1.807) is 0 Å². The van der Waals surface area contributed by atoms with Crippen molar-refractivity contribution in [1.29, 1.82) is 0 Å². The van der Waals surface area contributed by atoms with Crippen molar-refractivity contribution in [1.82, 2.24) is 5.32 Å². The van der Waals surface area contributed by atoms with E-state index in [1.165, 1.54) is 21.3 Å². The van der Waals surface area contributed by atoms with E-state index in [2.05, 4.69) is 5.32 Å². The Labute approximate surface area is 205 Å². The Hall–Kier alpha value is -2.84. The zero-order chi connectivity index (χ0) is 25.3. The minimum Gasteiger partial charge on any atom is -0.467 e. The third-order valence-corrected chi connectivity index (χ3v) is 7.30. The molecule has 0 heterocycles. The van der Waals surface area contributed by atoms with Crippen LogP contribution in [0.5, 0.6) is 0 Å². The highest BCUT2D eigenvalue weighted by Crippen LogP contribution is 2.45. The van der Waals surface area contributed by atoms with Gasteiger partial charge in [0.05, 0.1) is 13.7 Å². The van der Waals surface area contributed by atoms with Crippen LogP contribution in [0.2, 0.25) is 0 Å². The Bertz CT molecular complexity index is 1120. The molecule has 0 saturated heterocycles. The fourth-order valence-electron chi connectivity index (χ4n) is 3.60. The van der Waals surface area contributed by atoms with E-state index in [4.69, 9.17) is 24.3 Å². The number of nitrogens with two attached hydrogens (primary N) is 1. The summed E-state index contributed by atoms with van der Waals surface area (Å²) in [5.41, 5.74) is 8.28. The van der Waals surface area contributed by atoms with Gasteiger partial charge in [0.2, 0.25) is 0 Å². The van der Waals surface area contributed by atoms with Crippen LogP contribution in [0, 0.1) is 0 Å². The highest BCUT2D eigenvalue weighted by atomic mass is 31.2. The number of rotatable bonds is 12. The standard InChI is InChI=1S/C26H31N2O6P/c1-31-25(29)26(27,28-19-35(30,32-2)33-3)24(34-18-20-10-6-4-7-11-20)23-16-14-22(15-17-23)21-12-8-5-9-13-21/h4-17,24,28H,18-19,27H2,1-3H3/t24-,26-/m0/s1. The molecule has 3 rings (SSSR count). The minimum atomic E-state index is -3.54. The second-order valence-electron chi connectivity index (χ2n) is 7.84. The second-order valence-corrected chi connectivity index (χ2v) is 10.1. The first-order chi connectivity index (χ1) is 16.8. The molecule has 2 atom stereocenters. The molecule has 0 bridgehead atoms.